The molecule has 7 aliphatic carbocycles. The molecule has 0 spiro atoms. The van der Waals surface area contributed by atoms with Gasteiger partial charge in [0.2, 0.25) is 0 Å². The van der Waals surface area contributed by atoms with Gasteiger partial charge in [-0.05, 0) is 183 Å². The van der Waals surface area contributed by atoms with Crippen molar-refractivity contribution in [3.8, 4) is 34.5 Å². The third kappa shape index (κ3) is 7.07. The zero-order chi connectivity index (χ0) is 52.7. The maximum Gasteiger partial charge on any atom is 0.254 e. The maximum absolute atomic E-state index is 15.1. The van der Waals surface area contributed by atoms with Gasteiger partial charge in [0.05, 0.1) is 42.7 Å². The zero-order valence-corrected chi connectivity index (χ0v) is 46.4. The van der Waals surface area contributed by atoms with Crippen molar-refractivity contribution >= 4 is 67.7 Å². The van der Waals surface area contributed by atoms with Gasteiger partial charge in [-0.25, -0.2) is 19.9 Å². The van der Waals surface area contributed by atoms with Crippen LogP contribution in [0, 0.1) is 53.3 Å². The molecule has 0 bridgehead atoms. The van der Waals surface area contributed by atoms with E-state index in [1.54, 1.807) is 14.2 Å². The normalized spacial score (nSPS) is 28.9. The van der Waals surface area contributed by atoms with Gasteiger partial charge in [0.25, 0.3) is 11.8 Å². The third-order valence-corrected chi connectivity index (χ3v) is 21.9. The van der Waals surface area contributed by atoms with Gasteiger partial charge in [-0.15, -0.1) is 0 Å². The fourth-order valence-corrected chi connectivity index (χ4v) is 17.2. The predicted molar refractivity (Wildman–Crippen MR) is 305 cm³/mol. The molecule has 7 saturated carbocycles. The van der Waals surface area contributed by atoms with E-state index in [-0.39, 0.29) is 24.0 Å². The van der Waals surface area contributed by atoms with Crippen molar-refractivity contribution < 1.29 is 23.8 Å². The Hall–Kier alpha value is -6.39. The third-order valence-electron chi connectivity index (χ3n) is 21.3. The Bertz CT molecular complexity index is 3860. The smallest absolute Gasteiger partial charge is 0.254 e. The van der Waals surface area contributed by atoms with E-state index in [1.807, 2.05) is 55.4 Å². The fraction of sp³-hybridized carbons (Fsp3) is 0.524. The van der Waals surface area contributed by atoms with E-state index in [0.29, 0.717) is 81.9 Å². The molecule has 9 aliphatic rings. The minimum Gasteiger partial charge on any atom is -0.494 e. The van der Waals surface area contributed by atoms with Gasteiger partial charge in [-0.3, -0.25) is 9.59 Å². The number of carbonyl (C=O) groups excluding carboxylic acids is 2. The molecule has 0 N–H and O–H groups in total. The monoisotopic (exact) mass is 1080 g/mol. The number of likely N-dealkylation sites (tertiary alicyclic amines) is 2. The van der Waals surface area contributed by atoms with E-state index in [9.17, 15) is 4.79 Å². The Morgan fingerprint density at radius 1 is 0.633 bits per heavy atom. The molecule has 2 aliphatic heterocycles. The molecule has 8 heterocycles. The highest BCUT2D eigenvalue weighted by Crippen LogP contribution is 2.68. The lowest BCUT2D eigenvalue weighted by atomic mass is 9.45. The van der Waals surface area contributed by atoms with Crippen molar-refractivity contribution in [3.63, 3.8) is 0 Å². The minimum atomic E-state index is 0.0640. The summed E-state index contributed by atoms with van der Waals surface area (Å²) < 4.78 is 27.6. The minimum absolute atomic E-state index is 0.0640. The average molecular weight is 1080 g/mol. The number of hydrogen-bond acceptors (Lipinski definition) is 10. The van der Waals surface area contributed by atoms with Gasteiger partial charge in [-0.2, -0.15) is 11.8 Å². The molecule has 6 aromatic heterocycles. The predicted octanol–water partition coefficient (Wildman–Crippen LogP) is 10.4. The Kier molecular flexibility index (Phi) is 10.5. The van der Waals surface area contributed by atoms with Crippen LogP contribution in [0.25, 0.3) is 67.2 Å². The van der Waals surface area contributed by atoms with E-state index in [4.69, 9.17) is 34.1 Å². The summed E-state index contributed by atoms with van der Waals surface area (Å²) in [4.78, 5) is 54.8. The molecule has 8 aromatic rings. The number of nitrogens with zero attached hydrogens (tertiary/aromatic N) is 10. The maximum atomic E-state index is 15.1. The van der Waals surface area contributed by atoms with Crippen LogP contribution in [0.1, 0.15) is 90.0 Å². The van der Waals surface area contributed by atoms with Crippen LogP contribution in [-0.4, -0.2) is 124 Å². The lowest BCUT2D eigenvalue weighted by Gasteiger charge is -2.58. The summed E-state index contributed by atoms with van der Waals surface area (Å²) in [5.74, 6) is 9.90. The van der Waals surface area contributed by atoms with Crippen molar-refractivity contribution in [2.45, 2.75) is 108 Å². The average Bonchev–Trinajstić information content (AvgIpc) is 3.59. The Balaban J connectivity index is 0.686. The number of aromatic nitrogens is 8. The number of pyridine rings is 2. The number of amides is 2. The second-order valence-corrected chi connectivity index (χ2v) is 26.4. The lowest BCUT2D eigenvalue weighted by molar-refractivity contribution is -0.0472. The van der Waals surface area contributed by atoms with Gasteiger partial charge in [0.1, 0.15) is 33.8 Å². The number of benzene rings is 2. The summed E-state index contributed by atoms with van der Waals surface area (Å²) in [6, 6.07) is 19.8. The van der Waals surface area contributed by atoms with Crippen molar-refractivity contribution in [2.24, 2.45) is 53.3 Å². The van der Waals surface area contributed by atoms with Crippen LogP contribution < -0.4 is 9.47 Å². The van der Waals surface area contributed by atoms with Gasteiger partial charge in [-0.1, -0.05) is 0 Å². The van der Waals surface area contributed by atoms with E-state index in [2.05, 4.69) is 64.8 Å². The number of methoxy groups -OCH3 is 3. The molecular weight excluding hydrogens is 1010 g/mol. The Labute approximate surface area is 463 Å². The first-order chi connectivity index (χ1) is 38.7. The fourth-order valence-electron chi connectivity index (χ4n) is 16.8. The first-order valence-corrected chi connectivity index (χ1v) is 30.9. The molecule has 16 heteroatoms. The van der Waals surface area contributed by atoms with Crippen LogP contribution in [0.3, 0.4) is 0 Å². The quantitative estimate of drug-likeness (QED) is 0.0866. The number of carbonyl (C=O) groups is 2. The Morgan fingerprint density at radius 2 is 1.27 bits per heavy atom. The topological polar surface area (TPSA) is 140 Å². The summed E-state index contributed by atoms with van der Waals surface area (Å²) >= 11 is 1.82. The molecule has 17 rings (SSSR count). The number of imidazole rings is 2. The molecule has 2 aromatic carbocycles. The van der Waals surface area contributed by atoms with Gasteiger partial charge in [0, 0.05) is 98.5 Å². The first kappa shape index (κ1) is 47.4. The van der Waals surface area contributed by atoms with Crippen molar-refractivity contribution in [1.29, 1.82) is 0 Å². The van der Waals surface area contributed by atoms with Crippen LogP contribution in [0.4, 0.5) is 0 Å². The molecule has 2 amide bonds. The standard InChI is InChI=1S/C63H68N10O5S/c1-76-42-14-34(15-42)29-73-57-46(67-61(73)49-20-35-6-5-11-64-58(35)69(49)27-32-7-8-32)19-39(24-52(57)78-3)63(75)72-31-44-54(43-25-48(72)55(43)44)40-17-37-22-50(70(28-33-9-10-33)59(37)65-26-40)60-66-45-18-38(23-51(77-2)56(45)68(60)12-13-79-4)62(74)71-30-41-16-36-21-47(71)53(36)41/h5-6,11,17-20,22-24,26,32-34,36,41-44,47-48,53-55H,7-10,12-16,21,25,27-31H2,1-4H3/t34?,36?,41-,42?,43?,44+,47-,48-,53-,54?,55-/m1/s1. The summed E-state index contributed by atoms with van der Waals surface area (Å²) in [5.41, 5.74) is 10.2. The molecular formula is C63H68N10O5S. The molecule has 9 fully saturated rings. The summed E-state index contributed by atoms with van der Waals surface area (Å²) in [7, 11) is 5.25. The molecule has 15 nitrogen and oxygen atoms in total. The summed E-state index contributed by atoms with van der Waals surface area (Å²) in [5, 5.41) is 2.24. The van der Waals surface area contributed by atoms with Crippen molar-refractivity contribution in [1.82, 2.24) is 48.0 Å². The first-order valence-electron chi connectivity index (χ1n) is 29.5. The van der Waals surface area contributed by atoms with Crippen LogP contribution >= 0.6 is 11.8 Å². The molecule has 9 atom stereocenters. The molecule has 0 radical (unpaired) electrons. The van der Waals surface area contributed by atoms with Crippen LogP contribution in [0.15, 0.2) is 67.0 Å². The number of fused-ring (bicyclic) bond motifs is 4. The number of rotatable bonds is 17. The van der Waals surface area contributed by atoms with Crippen LogP contribution in [-0.2, 0) is 30.9 Å². The van der Waals surface area contributed by atoms with E-state index >= 15 is 4.79 Å². The zero-order valence-electron chi connectivity index (χ0n) is 45.6. The number of aryl methyl sites for hydroxylation is 1. The van der Waals surface area contributed by atoms with Gasteiger partial charge in [0.15, 0.2) is 11.6 Å². The number of ether oxygens (including phenoxy) is 3. The highest BCUT2D eigenvalue weighted by Gasteiger charge is 2.67. The second-order valence-electron chi connectivity index (χ2n) is 25.5. The van der Waals surface area contributed by atoms with Crippen molar-refractivity contribution in [2.75, 3.05) is 46.4 Å². The van der Waals surface area contributed by atoms with Gasteiger partial charge >= 0.3 is 0 Å². The highest BCUT2D eigenvalue weighted by atomic mass is 32.2. The Morgan fingerprint density at radius 3 is 1.91 bits per heavy atom. The summed E-state index contributed by atoms with van der Waals surface area (Å²) in [6.07, 6.45) is 16.8. The van der Waals surface area contributed by atoms with E-state index in [1.165, 1.54) is 37.7 Å². The molecule has 3 unspecified atom stereocenters. The number of thioether (sulfide) groups is 1. The molecule has 79 heavy (non-hydrogen) atoms. The van der Waals surface area contributed by atoms with E-state index in [0.717, 1.165) is 144 Å². The van der Waals surface area contributed by atoms with E-state index < -0.39 is 0 Å². The highest BCUT2D eigenvalue weighted by molar-refractivity contribution is 7.98. The van der Waals surface area contributed by atoms with Crippen LogP contribution in [0.5, 0.6) is 11.5 Å². The summed E-state index contributed by atoms with van der Waals surface area (Å²) in [6.45, 7) is 4.96. The largest absolute Gasteiger partial charge is 0.494 e. The SMILES string of the molecule is COc1cc(C(=O)N2C[C@H]3CC4C[C@@H]2[C@H]43)cc2nc(-c3cc4cc(C5C6C[C@@H]7[C@H]6[C@H]5CN7C(=O)c5cc(OC)c6c(c5)nc(-c5cc7cccnc7n5CC5CC5)n6CC5CC(OC)C5)cnc4n3CC3CC3)n(CCSC)c12. The number of hydrogen-bond donors (Lipinski definition) is 0. The second kappa shape index (κ2) is 17.6. The van der Waals surface area contributed by atoms with Gasteiger partial charge < -0.3 is 42.3 Å². The van der Waals surface area contributed by atoms with Crippen LogP contribution in [0.2, 0.25) is 0 Å². The molecule has 2 saturated heterocycles. The van der Waals surface area contributed by atoms with Crippen molar-refractivity contribution in [3.05, 3.63) is 83.7 Å². The molecule has 406 valence electrons. The lowest BCUT2D eigenvalue weighted by Crippen LogP contribution is -2.57.